The zero-order valence-corrected chi connectivity index (χ0v) is 16.9. The zero-order chi connectivity index (χ0) is 19.5. The second-order valence-electron chi connectivity index (χ2n) is 6.14. The molecule has 0 spiro atoms. The molecule has 0 aliphatic carbocycles. The van der Waals surface area contributed by atoms with Crippen LogP contribution in [0.3, 0.4) is 0 Å². The largest absolute Gasteiger partial charge is 0.494 e. The molecule has 0 aliphatic rings. The summed E-state index contributed by atoms with van der Waals surface area (Å²) in [6.07, 6.45) is 5.03. The van der Waals surface area contributed by atoms with E-state index in [1.54, 1.807) is 6.21 Å². The Morgan fingerprint density at radius 3 is 2.56 bits per heavy atom. The van der Waals surface area contributed by atoms with Gasteiger partial charge in [0.1, 0.15) is 5.75 Å². The molecule has 0 bridgehead atoms. The van der Waals surface area contributed by atoms with E-state index in [0.717, 1.165) is 35.7 Å². The van der Waals surface area contributed by atoms with E-state index in [2.05, 4.69) is 27.4 Å². The van der Waals surface area contributed by atoms with E-state index in [9.17, 15) is 4.79 Å². The summed E-state index contributed by atoms with van der Waals surface area (Å²) in [6, 6.07) is 9.52. The summed E-state index contributed by atoms with van der Waals surface area (Å²) < 4.78 is 5.67. The number of ether oxygens (including phenoxy) is 1. The molecule has 144 valence electrons. The van der Waals surface area contributed by atoms with Crippen LogP contribution in [0.1, 0.15) is 43.1 Å². The van der Waals surface area contributed by atoms with E-state index >= 15 is 0 Å². The van der Waals surface area contributed by atoms with Gasteiger partial charge in [-0.05, 0) is 56.2 Å². The monoisotopic (exact) mass is 386 g/mol. The number of aryl methyl sites for hydroxylation is 2. The normalized spacial score (nSPS) is 10.9. The number of nitrogens with one attached hydrogen (secondary N) is 1. The molecule has 0 atom stereocenters. The van der Waals surface area contributed by atoms with Crippen LogP contribution in [-0.4, -0.2) is 34.4 Å². The molecule has 0 unspecified atom stereocenters. The van der Waals surface area contributed by atoms with Gasteiger partial charge in [0, 0.05) is 11.4 Å². The lowest BCUT2D eigenvalue weighted by molar-refractivity contribution is -0.118. The zero-order valence-electron chi connectivity index (χ0n) is 16.1. The molecule has 0 saturated carbocycles. The first-order valence-electron chi connectivity index (χ1n) is 9.06. The maximum Gasteiger partial charge on any atom is 0.250 e. The van der Waals surface area contributed by atoms with Crippen LogP contribution < -0.4 is 10.2 Å². The fourth-order valence-corrected chi connectivity index (χ4v) is 3.03. The number of aromatic nitrogens is 2. The number of amides is 1. The average molecular weight is 387 g/mol. The number of unbranched alkanes of at least 4 members (excludes halogenated alkanes) is 2. The predicted molar refractivity (Wildman–Crippen MR) is 109 cm³/mol. The van der Waals surface area contributed by atoms with Crippen molar-refractivity contribution in [2.24, 2.45) is 5.10 Å². The van der Waals surface area contributed by atoms with Gasteiger partial charge in [0.2, 0.25) is 0 Å². The van der Waals surface area contributed by atoms with Crippen molar-refractivity contribution in [2.75, 3.05) is 12.4 Å². The van der Waals surface area contributed by atoms with Gasteiger partial charge in [0.25, 0.3) is 5.91 Å². The highest BCUT2D eigenvalue weighted by Gasteiger charge is 2.05. The highest BCUT2D eigenvalue weighted by molar-refractivity contribution is 7.99. The minimum absolute atomic E-state index is 0.199. The van der Waals surface area contributed by atoms with Gasteiger partial charge < -0.3 is 4.74 Å². The van der Waals surface area contributed by atoms with Crippen LogP contribution in [0.4, 0.5) is 0 Å². The number of benzene rings is 1. The van der Waals surface area contributed by atoms with Crippen molar-refractivity contribution in [1.29, 1.82) is 0 Å². The van der Waals surface area contributed by atoms with Crippen molar-refractivity contribution in [3.63, 3.8) is 0 Å². The van der Waals surface area contributed by atoms with E-state index in [-0.39, 0.29) is 11.7 Å². The van der Waals surface area contributed by atoms with Crippen LogP contribution in [0, 0.1) is 13.8 Å². The molecule has 2 rings (SSSR count). The number of hydrogen-bond donors (Lipinski definition) is 1. The summed E-state index contributed by atoms with van der Waals surface area (Å²) in [5, 5.41) is 4.58. The standard InChI is InChI=1S/C20H26N4O2S/c1-4-5-6-11-26-18-9-7-17(8-10-18)13-21-24-19(25)14-27-20-22-15(2)12-16(3)23-20/h7-10,12-13H,4-6,11,14H2,1-3H3,(H,24,25)/b21-13+. The Morgan fingerprint density at radius 2 is 1.89 bits per heavy atom. The molecule has 1 aromatic carbocycles. The number of rotatable bonds is 10. The molecule has 1 amide bonds. The summed E-state index contributed by atoms with van der Waals surface area (Å²) in [4.78, 5) is 20.5. The van der Waals surface area contributed by atoms with Crippen molar-refractivity contribution in [3.8, 4) is 5.75 Å². The van der Waals surface area contributed by atoms with Gasteiger partial charge in [-0.25, -0.2) is 15.4 Å². The molecule has 27 heavy (non-hydrogen) atoms. The second kappa shape index (κ2) is 11.3. The van der Waals surface area contributed by atoms with Crippen molar-refractivity contribution in [3.05, 3.63) is 47.3 Å². The van der Waals surface area contributed by atoms with Gasteiger partial charge in [-0.2, -0.15) is 5.10 Å². The fourth-order valence-electron chi connectivity index (χ4n) is 2.29. The third-order valence-corrected chi connectivity index (χ3v) is 4.44. The molecule has 0 radical (unpaired) electrons. The first-order chi connectivity index (χ1) is 13.1. The second-order valence-corrected chi connectivity index (χ2v) is 7.08. The Labute approximate surface area is 164 Å². The lowest BCUT2D eigenvalue weighted by Crippen LogP contribution is -2.19. The first-order valence-corrected chi connectivity index (χ1v) is 10.0. The van der Waals surface area contributed by atoms with Crippen molar-refractivity contribution in [2.45, 2.75) is 45.2 Å². The number of carbonyl (C=O) groups is 1. The van der Waals surface area contributed by atoms with Crippen molar-refractivity contribution >= 4 is 23.9 Å². The van der Waals surface area contributed by atoms with Crippen LogP contribution in [0.5, 0.6) is 5.75 Å². The maximum atomic E-state index is 11.9. The van der Waals surface area contributed by atoms with Crippen LogP contribution in [-0.2, 0) is 4.79 Å². The van der Waals surface area contributed by atoms with Gasteiger partial charge in [-0.1, -0.05) is 31.5 Å². The minimum atomic E-state index is -0.199. The molecule has 7 heteroatoms. The molecule has 2 aromatic rings. The molecule has 1 N–H and O–H groups in total. The number of carbonyl (C=O) groups excluding carboxylic acids is 1. The summed E-state index contributed by atoms with van der Waals surface area (Å²) >= 11 is 1.29. The third-order valence-electron chi connectivity index (χ3n) is 3.59. The SMILES string of the molecule is CCCCCOc1ccc(/C=N/NC(=O)CSc2nc(C)cc(C)n2)cc1. The Hall–Kier alpha value is -2.41. The smallest absolute Gasteiger partial charge is 0.250 e. The molecule has 6 nitrogen and oxygen atoms in total. The Balaban J connectivity index is 1.73. The minimum Gasteiger partial charge on any atom is -0.494 e. The van der Waals surface area contributed by atoms with Crippen molar-refractivity contribution < 1.29 is 9.53 Å². The van der Waals surface area contributed by atoms with Crippen LogP contribution in [0.25, 0.3) is 0 Å². The van der Waals surface area contributed by atoms with Gasteiger partial charge in [-0.15, -0.1) is 0 Å². The summed E-state index contributed by atoms with van der Waals surface area (Å²) in [7, 11) is 0. The summed E-state index contributed by atoms with van der Waals surface area (Å²) in [5.41, 5.74) is 5.19. The Bertz CT molecular complexity index is 743. The Morgan fingerprint density at radius 1 is 1.19 bits per heavy atom. The highest BCUT2D eigenvalue weighted by Crippen LogP contribution is 2.14. The molecule has 1 aromatic heterocycles. The van der Waals surface area contributed by atoms with Crippen LogP contribution >= 0.6 is 11.8 Å². The van der Waals surface area contributed by atoms with Crippen LogP contribution in [0.2, 0.25) is 0 Å². The number of hydrazone groups is 1. The van der Waals surface area contributed by atoms with E-state index in [1.807, 2.05) is 44.2 Å². The number of thioether (sulfide) groups is 1. The van der Waals surface area contributed by atoms with E-state index in [4.69, 9.17) is 4.74 Å². The van der Waals surface area contributed by atoms with Gasteiger partial charge in [0.15, 0.2) is 5.16 Å². The lowest BCUT2D eigenvalue weighted by Gasteiger charge is -2.05. The van der Waals surface area contributed by atoms with E-state index in [0.29, 0.717) is 5.16 Å². The van der Waals surface area contributed by atoms with E-state index < -0.39 is 0 Å². The molecule has 1 heterocycles. The average Bonchev–Trinajstić information content (AvgIpc) is 2.64. The van der Waals surface area contributed by atoms with E-state index in [1.165, 1.54) is 24.6 Å². The Kier molecular flexibility index (Phi) is 8.77. The quantitative estimate of drug-likeness (QED) is 0.220. The molecular formula is C20H26N4O2S. The van der Waals surface area contributed by atoms with Crippen molar-refractivity contribution in [1.82, 2.24) is 15.4 Å². The van der Waals surface area contributed by atoms with Crippen LogP contribution in [0.15, 0.2) is 40.6 Å². The molecular weight excluding hydrogens is 360 g/mol. The third kappa shape index (κ3) is 8.21. The van der Waals surface area contributed by atoms with Gasteiger partial charge >= 0.3 is 0 Å². The number of nitrogens with zero attached hydrogens (tertiary/aromatic N) is 3. The summed E-state index contributed by atoms with van der Waals surface area (Å²) in [5.74, 6) is 0.858. The summed E-state index contributed by atoms with van der Waals surface area (Å²) in [6.45, 7) is 6.72. The molecule has 0 fully saturated rings. The topological polar surface area (TPSA) is 76.5 Å². The highest BCUT2D eigenvalue weighted by atomic mass is 32.2. The van der Waals surface area contributed by atoms with Gasteiger partial charge in [0.05, 0.1) is 18.6 Å². The lowest BCUT2D eigenvalue weighted by atomic mass is 10.2. The fraction of sp³-hybridized carbons (Fsp3) is 0.400. The molecule has 0 aliphatic heterocycles. The first kappa shape index (κ1) is 20.9. The number of hydrogen-bond acceptors (Lipinski definition) is 6. The van der Waals surface area contributed by atoms with Gasteiger partial charge in [-0.3, -0.25) is 4.79 Å². The predicted octanol–water partition coefficient (Wildman–Crippen LogP) is 3.90. The molecule has 0 saturated heterocycles. The maximum absolute atomic E-state index is 11.9.